The third-order valence-corrected chi connectivity index (χ3v) is 4.77. The number of hydrogen-bond donors (Lipinski definition) is 1. The van der Waals surface area contributed by atoms with Crippen LogP contribution in [0, 0.1) is 5.92 Å². The van der Waals surface area contributed by atoms with E-state index in [1.807, 2.05) is 11.8 Å². The first-order valence-corrected chi connectivity index (χ1v) is 9.74. The monoisotopic (exact) mass is 543 g/mol. The number of carbonyl (C=O) groups is 1. The number of guanidine groups is 1. The van der Waals surface area contributed by atoms with Crippen molar-refractivity contribution in [2.45, 2.75) is 39.4 Å². The van der Waals surface area contributed by atoms with E-state index in [0.29, 0.717) is 45.0 Å². The molecule has 0 amide bonds. The van der Waals surface area contributed by atoms with Gasteiger partial charge in [0.2, 0.25) is 0 Å². The molecule has 1 aromatic carbocycles. The maximum atomic E-state index is 13.4. The van der Waals surface area contributed by atoms with Gasteiger partial charge in [-0.2, -0.15) is 13.2 Å². The minimum Gasteiger partial charge on any atom is -0.497 e. The third-order valence-electron chi connectivity index (χ3n) is 4.77. The Hall–Kier alpha value is -1.72. The third kappa shape index (κ3) is 7.21. The number of alkyl halides is 3. The van der Waals surface area contributed by atoms with Gasteiger partial charge in [-0.25, -0.2) is 4.99 Å². The molecule has 1 aromatic rings. The normalized spacial score (nSPS) is 15.4. The number of piperidine rings is 1. The SMILES string of the molecule is CCNC(=NCc1ccc(OC)cc1C(F)(F)F)N1CCC(C(=O)OCC)CC1.I. The van der Waals surface area contributed by atoms with Crippen molar-refractivity contribution in [1.82, 2.24) is 10.2 Å². The van der Waals surface area contributed by atoms with Crippen LogP contribution in [0.5, 0.6) is 5.75 Å². The molecule has 1 N–H and O–H groups in total. The summed E-state index contributed by atoms with van der Waals surface area (Å²) in [6, 6.07) is 3.88. The number of methoxy groups -OCH3 is 1. The van der Waals surface area contributed by atoms with Crippen molar-refractivity contribution in [2.24, 2.45) is 10.9 Å². The second kappa shape index (κ2) is 12.2. The molecule has 0 radical (unpaired) electrons. The van der Waals surface area contributed by atoms with Gasteiger partial charge in [0.25, 0.3) is 0 Å². The van der Waals surface area contributed by atoms with Gasteiger partial charge in [0.15, 0.2) is 5.96 Å². The van der Waals surface area contributed by atoms with E-state index in [-0.39, 0.29) is 53.7 Å². The van der Waals surface area contributed by atoms with Gasteiger partial charge < -0.3 is 19.7 Å². The fourth-order valence-electron chi connectivity index (χ4n) is 3.26. The van der Waals surface area contributed by atoms with Gasteiger partial charge in [0.1, 0.15) is 5.75 Å². The highest BCUT2D eigenvalue weighted by Crippen LogP contribution is 2.34. The van der Waals surface area contributed by atoms with Crippen molar-refractivity contribution in [3.05, 3.63) is 29.3 Å². The van der Waals surface area contributed by atoms with Crippen LogP contribution in [0.2, 0.25) is 0 Å². The summed E-state index contributed by atoms with van der Waals surface area (Å²) >= 11 is 0. The number of esters is 1. The number of rotatable bonds is 6. The highest BCUT2D eigenvalue weighted by Gasteiger charge is 2.34. The smallest absolute Gasteiger partial charge is 0.416 e. The maximum absolute atomic E-state index is 13.4. The summed E-state index contributed by atoms with van der Waals surface area (Å²) < 4.78 is 50.2. The lowest BCUT2D eigenvalue weighted by atomic mass is 9.97. The molecule has 1 fully saturated rings. The van der Waals surface area contributed by atoms with Crippen LogP contribution >= 0.6 is 24.0 Å². The first kappa shape index (κ1) is 26.3. The average molecular weight is 543 g/mol. The lowest BCUT2D eigenvalue weighted by Gasteiger charge is -2.33. The number of nitrogens with one attached hydrogen (secondary N) is 1. The number of carbonyl (C=O) groups excluding carboxylic acids is 1. The fraction of sp³-hybridized carbons (Fsp3) is 0.600. The standard InChI is InChI=1S/C20H28F3N3O3.HI/c1-4-24-19(26-10-8-14(9-11-26)18(27)29-5-2)25-13-15-6-7-16(28-3)12-17(15)20(21,22)23;/h6-7,12,14H,4-5,8-11,13H2,1-3H3,(H,24,25);1H. The summed E-state index contributed by atoms with van der Waals surface area (Å²) in [5.41, 5.74) is -0.674. The first-order valence-electron chi connectivity index (χ1n) is 9.74. The Morgan fingerprint density at radius 2 is 1.93 bits per heavy atom. The van der Waals surface area contributed by atoms with Crippen molar-refractivity contribution in [3.63, 3.8) is 0 Å². The molecule has 1 heterocycles. The summed E-state index contributed by atoms with van der Waals surface area (Å²) in [6.07, 6.45) is -3.24. The van der Waals surface area contributed by atoms with Gasteiger partial charge in [0.05, 0.1) is 31.7 Å². The highest BCUT2D eigenvalue weighted by molar-refractivity contribution is 14.0. The van der Waals surface area contributed by atoms with Crippen LogP contribution in [-0.4, -0.2) is 50.2 Å². The van der Waals surface area contributed by atoms with Gasteiger partial charge in [-0.15, -0.1) is 24.0 Å². The largest absolute Gasteiger partial charge is 0.497 e. The molecule has 2 rings (SSSR count). The molecule has 6 nitrogen and oxygen atoms in total. The summed E-state index contributed by atoms with van der Waals surface area (Å²) in [7, 11) is 1.33. The molecule has 0 aliphatic carbocycles. The summed E-state index contributed by atoms with van der Waals surface area (Å²) in [5.74, 6) is 0.353. The Labute approximate surface area is 192 Å². The van der Waals surface area contributed by atoms with Gasteiger partial charge in [-0.1, -0.05) is 6.07 Å². The van der Waals surface area contributed by atoms with E-state index in [9.17, 15) is 18.0 Å². The topological polar surface area (TPSA) is 63.2 Å². The van der Waals surface area contributed by atoms with E-state index in [4.69, 9.17) is 9.47 Å². The van der Waals surface area contributed by atoms with Gasteiger partial charge in [0, 0.05) is 19.6 Å². The quantitative estimate of drug-likeness (QED) is 0.254. The molecule has 0 spiro atoms. The van der Waals surface area contributed by atoms with Crippen molar-refractivity contribution >= 4 is 35.9 Å². The van der Waals surface area contributed by atoms with Crippen LogP contribution in [0.3, 0.4) is 0 Å². The number of nitrogens with zero attached hydrogens (tertiary/aromatic N) is 2. The molecule has 1 aliphatic rings. The predicted octanol–water partition coefficient (Wildman–Crippen LogP) is 4.07. The van der Waals surface area contributed by atoms with E-state index in [1.54, 1.807) is 6.92 Å². The Bertz CT molecular complexity index is 721. The van der Waals surface area contributed by atoms with Crippen LogP contribution < -0.4 is 10.1 Å². The van der Waals surface area contributed by atoms with E-state index in [0.717, 1.165) is 6.07 Å². The Morgan fingerprint density at radius 3 is 2.47 bits per heavy atom. The van der Waals surface area contributed by atoms with E-state index in [1.165, 1.54) is 19.2 Å². The number of likely N-dealkylation sites (tertiary alicyclic amines) is 1. The Balaban J connectivity index is 0.00000450. The van der Waals surface area contributed by atoms with Crippen LogP contribution in [-0.2, 0) is 22.3 Å². The van der Waals surface area contributed by atoms with E-state index >= 15 is 0 Å². The maximum Gasteiger partial charge on any atom is 0.416 e. The van der Waals surface area contributed by atoms with E-state index < -0.39 is 11.7 Å². The molecule has 0 saturated carbocycles. The fourth-order valence-corrected chi connectivity index (χ4v) is 3.26. The zero-order chi connectivity index (χ0) is 21.4. The lowest BCUT2D eigenvalue weighted by molar-refractivity contribution is -0.149. The molecule has 30 heavy (non-hydrogen) atoms. The minimum atomic E-state index is -4.49. The summed E-state index contributed by atoms with van der Waals surface area (Å²) in [6.45, 7) is 5.68. The molecule has 1 aliphatic heterocycles. The molecule has 170 valence electrons. The van der Waals surface area contributed by atoms with E-state index in [2.05, 4.69) is 10.3 Å². The lowest BCUT2D eigenvalue weighted by Crippen LogP contribution is -2.46. The second-order valence-electron chi connectivity index (χ2n) is 6.70. The van der Waals surface area contributed by atoms with Crippen molar-refractivity contribution in [3.8, 4) is 5.75 Å². The van der Waals surface area contributed by atoms with Crippen molar-refractivity contribution in [2.75, 3.05) is 33.4 Å². The number of benzene rings is 1. The molecular formula is C20H29F3IN3O3. The number of hydrogen-bond acceptors (Lipinski definition) is 4. The van der Waals surface area contributed by atoms with Gasteiger partial charge in [-0.3, -0.25) is 4.79 Å². The van der Waals surface area contributed by atoms with Crippen molar-refractivity contribution in [1.29, 1.82) is 0 Å². The molecule has 0 atom stereocenters. The number of halogens is 4. The van der Waals surface area contributed by atoms with Gasteiger partial charge >= 0.3 is 12.1 Å². The van der Waals surface area contributed by atoms with Crippen LogP contribution in [0.15, 0.2) is 23.2 Å². The predicted molar refractivity (Wildman–Crippen MR) is 119 cm³/mol. The molecular weight excluding hydrogens is 514 g/mol. The molecule has 1 saturated heterocycles. The average Bonchev–Trinajstić information content (AvgIpc) is 2.70. The van der Waals surface area contributed by atoms with Crippen LogP contribution in [0.1, 0.15) is 37.8 Å². The highest BCUT2D eigenvalue weighted by atomic mass is 127. The summed E-state index contributed by atoms with van der Waals surface area (Å²) in [5, 5.41) is 3.13. The first-order chi connectivity index (χ1) is 13.8. The minimum absolute atomic E-state index is 0. The second-order valence-corrected chi connectivity index (χ2v) is 6.70. The number of aliphatic imine (C=N–C) groups is 1. The van der Waals surface area contributed by atoms with Gasteiger partial charge in [-0.05, 0) is 44.4 Å². The molecule has 0 aromatic heterocycles. The summed E-state index contributed by atoms with van der Waals surface area (Å²) in [4.78, 5) is 18.3. The number of ether oxygens (including phenoxy) is 2. The Kier molecular flexibility index (Phi) is 10.7. The van der Waals surface area contributed by atoms with Crippen LogP contribution in [0.25, 0.3) is 0 Å². The molecule has 10 heteroatoms. The Morgan fingerprint density at radius 1 is 1.27 bits per heavy atom. The zero-order valence-corrected chi connectivity index (χ0v) is 19.8. The van der Waals surface area contributed by atoms with Crippen molar-refractivity contribution < 1.29 is 27.4 Å². The molecule has 0 unspecified atom stereocenters. The van der Waals surface area contributed by atoms with Crippen LogP contribution in [0.4, 0.5) is 13.2 Å². The molecule has 0 bridgehead atoms. The zero-order valence-electron chi connectivity index (χ0n) is 17.4.